The summed E-state index contributed by atoms with van der Waals surface area (Å²) in [5.41, 5.74) is 2.61. The summed E-state index contributed by atoms with van der Waals surface area (Å²) in [5.74, 6) is 1.46. The van der Waals surface area contributed by atoms with Crippen molar-refractivity contribution in [3.05, 3.63) is 53.1 Å². The molecule has 1 aliphatic heterocycles. The number of fused-ring (bicyclic) bond motifs is 1. The summed E-state index contributed by atoms with van der Waals surface area (Å²) >= 11 is 0. The van der Waals surface area contributed by atoms with E-state index in [0.29, 0.717) is 13.0 Å². The van der Waals surface area contributed by atoms with E-state index in [9.17, 15) is 8.42 Å². The number of methoxy groups -OCH3 is 2. The van der Waals surface area contributed by atoms with Crippen molar-refractivity contribution in [1.29, 1.82) is 5.26 Å². The van der Waals surface area contributed by atoms with Crippen LogP contribution in [-0.4, -0.2) is 47.2 Å². The van der Waals surface area contributed by atoms with Gasteiger partial charge in [0.1, 0.15) is 6.07 Å². The lowest BCUT2D eigenvalue weighted by Gasteiger charge is -2.29. The SMILES string of the molecule is COc1cc2c(cc1OC)CN(CCCNS(=O)(=O)c1ccccc1C#N)CC2. The van der Waals surface area contributed by atoms with E-state index in [1.54, 1.807) is 26.4 Å². The summed E-state index contributed by atoms with van der Waals surface area (Å²) in [6.07, 6.45) is 1.59. The van der Waals surface area contributed by atoms with E-state index >= 15 is 0 Å². The Hall–Kier alpha value is -2.60. The quantitative estimate of drug-likeness (QED) is 0.665. The lowest BCUT2D eigenvalue weighted by atomic mass is 9.98. The van der Waals surface area contributed by atoms with Crippen molar-refractivity contribution in [2.24, 2.45) is 0 Å². The molecule has 0 radical (unpaired) electrons. The predicted molar refractivity (Wildman–Crippen MR) is 109 cm³/mol. The molecule has 0 bridgehead atoms. The van der Waals surface area contributed by atoms with Gasteiger partial charge in [0.25, 0.3) is 0 Å². The molecule has 0 unspecified atom stereocenters. The van der Waals surface area contributed by atoms with Gasteiger partial charge in [0.2, 0.25) is 10.0 Å². The van der Waals surface area contributed by atoms with Crippen LogP contribution in [0.2, 0.25) is 0 Å². The van der Waals surface area contributed by atoms with Crippen molar-refractivity contribution in [1.82, 2.24) is 9.62 Å². The van der Waals surface area contributed by atoms with Crippen LogP contribution in [0.1, 0.15) is 23.1 Å². The average Bonchev–Trinajstić information content (AvgIpc) is 2.75. The third-order valence-corrected chi connectivity index (χ3v) is 6.56. The lowest BCUT2D eigenvalue weighted by molar-refractivity contribution is 0.250. The van der Waals surface area contributed by atoms with Gasteiger partial charge in [0, 0.05) is 19.6 Å². The second kappa shape index (κ2) is 9.27. The molecule has 0 amide bonds. The molecule has 1 N–H and O–H groups in total. The van der Waals surface area contributed by atoms with Crippen molar-refractivity contribution in [3.63, 3.8) is 0 Å². The van der Waals surface area contributed by atoms with Crippen LogP contribution >= 0.6 is 0 Å². The Morgan fingerprint density at radius 2 is 1.83 bits per heavy atom. The van der Waals surface area contributed by atoms with Crippen LogP contribution < -0.4 is 14.2 Å². The average molecular weight is 416 g/mol. The first-order valence-electron chi connectivity index (χ1n) is 9.43. The van der Waals surface area contributed by atoms with Gasteiger partial charge in [-0.2, -0.15) is 5.26 Å². The second-order valence-electron chi connectivity index (χ2n) is 6.86. The highest BCUT2D eigenvalue weighted by Gasteiger charge is 2.20. The van der Waals surface area contributed by atoms with E-state index in [1.165, 1.54) is 23.3 Å². The number of ether oxygens (including phenoxy) is 2. The molecule has 1 heterocycles. The van der Waals surface area contributed by atoms with Gasteiger partial charge in [-0.05, 0) is 54.8 Å². The summed E-state index contributed by atoms with van der Waals surface area (Å²) in [6.45, 7) is 2.79. The third kappa shape index (κ3) is 4.88. The molecule has 3 rings (SSSR count). The second-order valence-corrected chi connectivity index (χ2v) is 8.60. The van der Waals surface area contributed by atoms with Crippen molar-refractivity contribution in [2.45, 2.75) is 24.3 Å². The van der Waals surface area contributed by atoms with Gasteiger partial charge in [-0.25, -0.2) is 13.1 Å². The standard InChI is InChI=1S/C21H25N3O4S/c1-27-19-12-16-8-11-24(15-18(16)13-20(19)28-2)10-5-9-23-29(25,26)21-7-4-3-6-17(21)14-22/h3-4,6-7,12-13,23H,5,8-11,15H2,1-2H3. The maximum absolute atomic E-state index is 12.5. The first-order chi connectivity index (χ1) is 14.0. The first kappa shape index (κ1) is 21.1. The minimum absolute atomic E-state index is 0.0236. The molecule has 0 saturated heterocycles. The van der Waals surface area contributed by atoms with E-state index in [2.05, 4.69) is 9.62 Å². The Morgan fingerprint density at radius 3 is 2.52 bits per heavy atom. The van der Waals surface area contributed by atoms with E-state index < -0.39 is 10.0 Å². The number of rotatable bonds is 8. The smallest absolute Gasteiger partial charge is 0.241 e. The Balaban J connectivity index is 1.55. The molecule has 154 valence electrons. The highest BCUT2D eigenvalue weighted by molar-refractivity contribution is 7.89. The van der Waals surface area contributed by atoms with Crippen LogP contribution in [0.4, 0.5) is 0 Å². The van der Waals surface area contributed by atoms with Crippen LogP contribution in [0.3, 0.4) is 0 Å². The Morgan fingerprint density at radius 1 is 1.14 bits per heavy atom. The van der Waals surface area contributed by atoms with E-state index in [0.717, 1.165) is 37.6 Å². The zero-order valence-corrected chi connectivity index (χ0v) is 17.5. The molecular formula is C21H25N3O4S. The van der Waals surface area contributed by atoms with Gasteiger partial charge in [-0.3, -0.25) is 4.90 Å². The van der Waals surface area contributed by atoms with Gasteiger partial charge in [0.05, 0.1) is 24.7 Å². The molecular weight excluding hydrogens is 390 g/mol. The molecule has 0 atom stereocenters. The molecule has 2 aromatic rings. The number of nitrogens with zero attached hydrogens (tertiary/aromatic N) is 2. The normalized spacial score (nSPS) is 14.1. The molecule has 0 aliphatic carbocycles. The maximum atomic E-state index is 12.5. The Labute approximate surface area is 171 Å². The number of hydrogen-bond donors (Lipinski definition) is 1. The number of nitriles is 1. The maximum Gasteiger partial charge on any atom is 0.241 e. The fraction of sp³-hybridized carbons (Fsp3) is 0.381. The van der Waals surface area contributed by atoms with Crippen molar-refractivity contribution in [2.75, 3.05) is 33.9 Å². The fourth-order valence-electron chi connectivity index (χ4n) is 3.51. The van der Waals surface area contributed by atoms with Gasteiger partial charge in [-0.15, -0.1) is 0 Å². The minimum atomic E-state index is -3.69. The van der Waals surface area contributed by atoms with Crippen LogP contribution in [0.15, 0.2) is 41.3 Å². The largest absolute Gasteiger partial charge is 0.493 e. The van der Waals surface area contributed by atoms with Crippen molar-refractivity contribution >= 4 is 10.0 Å². The van der Waals surface area contributed by atoms with E-state index in [4.69, 9.17) is 14.7 Å². The highest BCUT2D eigenvalue weighted by atomic mass is 32.2. The minimum Gasteiger partial charge on any atom is -0.493 e. The molecule has 0 fully saturated rings. The summed E-state index contributed by atoms with van der Waals surface area (Å²) < 4.78 is 38.3. The molecule has 29 heavy (non-hydrogen) atoms. The summed E-state index contributed by atoms with van der Waals surface area (Å²) in [7, 11) is -0.432. The zero-order valence-electron chi connectivity index (χ0n) is 16.6. The molecule has 0 aromatic heterocycles. The van der Waals surface area contributed by atoms with Crippen molar-refractivity contribution < 1.29 is 17.9 Å². The molecule has 2 aromatic carbocycles. The molecule has 7 nitrogen and oxygen atoms in total. The molecule has 0 spiro atoms. The van der Waals surface area contributed by atoms with Gasteiger partial charge < -0.3 is 9.47 Å². The van der Waals surface area contributed by atoms with Crippen LogP contribution in [0.5, 0.6) is 11.5 Å². The lowest BCUT2D eigenvalue weighted by Crippen LogP contribution is -2.34. The zero-order chi connectivity index (χ0) is 20.9. The Kier molecular flexibility index (Phi) is 6.75. The first-order valence-corrected chi connectivity index (χ1v) is 10.9. The molecule has 1 aliphatic rings. The number of hydrogen-bond acceptors (Lipinski definition) is 6. The molecule has 8 heteroatoms. The van der Waals surface area contributed by atoms with Gasteiger partial charge in [-0.1, -0.05) is 12.1 Å². The highest BCUT2D eigenvalue weighted by Crippen LogP contribution is 2.33. The van der Waals surface area contributed by atoms with Crippen molar-refractivity contribution in [3.8, 4) is 17.6 Å². The van der Waals surface area contributed by atoms with Gasteiger partial charge in [0.15, 0.2) is 11.5 Å². The number of benzene rings is 2. The van der Waals surface area contributed by atoms with E-state index in [1.807, 2.05) is 18.2 Å². The number of nitrogens with one attached hydrogen (secondary N) is 1. The summed E-state index contributed by atoms with van der Waals surface area (Å²) in [5, 5.41) is 9.11. The predicted octanol–water partition coefficient (Wildman–Crippen LogP) is 2.30. The van der Waals surface area contributed by atoms with Gasteiger partial charge >= 0.3 is 0 Å². The van der Waals surface area contributed by atoms with Crippen LogP contribution in [0.25, 0.3) is 0 Å². The summed E-state index contributed by atoms with van der Waals surface area (Å²) in [4.78, 5) is 2.32. The van der Waals surface area contributed by atoms with Crippen LogP contribution in [0, 0.1) is 11.3 Å². The monoisotopic (exact) mass is 415 g/mol. The van der Waals surface area contributed by atoms with Crippen LogP contribution in [-0.2, 0) is 23.0 Å². The van der Waals surface area contributed by atoms with E-state index in [-0.39, 0.29) is 10.5 Å². The Bertz CT molecular complexity index is 1020. The topological polar surface area (TPSA) is 91.7 Å². The summed E-state index contributed by atoms with van der Waals surface area (Å²) in [6, 6.07) is 12.2. The molecule has 0 saturated carbocycles. The fourth-order valence-corrected chi connectivity index (χ4v) is 4.74. The number of sulfonamides is 1. The third-order valence-electron chi connectivity index (χ3n) is 5.04.